The molecule has 0 fully saturated rings. The maximum atomic E-state index is 13.4. The quantitative estimate of drug-likeness (QED) is 0.572. The number of hydrogen-bond donors (Lipinski definition) is 2. The number of halogens is 1. The van der Waals surface area contributed by atoms with Crippen LogP contribution in [0.1, 0.15) is 5.56 Å². The van der Waals surface area contributed by atoms with Gasteiger partial charge in [0.15, 0.2) is 11.6 Å². The van der Waals surface area contributed by atoms with Crippen LogP contribution in [-0.2, 0) is 6.42 Å². The molecule has 1 aliphatic heterocycles. The Bertz CT molecular complexity index is 340. The summed E-state index contributed by atoms with van der Waals surface area (Å²) in [5.41, 5.74) is 0.641. The van der Waals surface area contributed by atoms with E-state index < -0.39 is 12.9 Å². The maximum absolute atomic E-state index is 13.4. The van der Waals surface area contributed by atoms with Crippen molar-refractivity contribution in [2.75, 3.05) is 6.61 Å². The van der Waals surface area contributed by atoms with Crippen molar-refractivity contribution >= 4 is 12.6 Å². The SMILES string of the molecule is OB(O)c1ccc2c(c1F)OCC2. The molecule has 1 aliphatic rings. The molecule has 0 spiro atoms. The van der Waals surface area contributed by atoms with Crippen molar-refractivity contribution in [3.8, 4) is 5.75 Å². The minimum absolute atomic E-state index is 0.138. The standard InChI is InChI=1S/C8H8BFO3/c10-7-6(9(11)12)2-1-5-3-4-13-8(5)7/h1-2,11-12H,3-4H2. The molecule has 1 aromatic rings. The highest BCUT2D eigenvalue weighted by Crippen LogP contribution is 2.26. The summed E-state index contributed by atoms with van der Waals surface area (Å²) in [6.07, 6.45) is 0.675. The van der Waals surface area contributed by atoms with Crippen LogP contribution in [-0.4, -0.2) is 23.8 Å². The second-order valence-electron chi connectivity index (χ2n) is 2.93. The van der Waals surface area contributed by atoms with Gasteiger partial charge in [0.05, 0.1) is 6.61 Å². The molecule has 13 heavy (non-hydrogen) atoms. The van der Waals surface area contributed by atoms with Crippen LogP contribution in [0.25, 0.3) is 0 Å². The van der Waals surface area contributed by atoms with Crippen molar-refractivity contribution in [2.45, 2.75) is 6.42 Å². The van der Waals surface area contributed by atoms with Crippen molar-refractivity contribution in [2.24, 2.45) is 0 Å². The maximum Gasteiger partial charge on any atom is 0.491 e. The Labute approximate surface area is 74.9 Å². The predicted molar refractivity (Wildman–Crippen MR) is 45.4 cm³/mol. The molecule has 0 aromatic heterocycles. The van der Waals surface area contributed by atoms with E-state index >= 15 is 0 Å². The topological polar surface area (TPSA) is 49.7 Å². The zero-order valence-electron chi connectivity index (χ0n) is 6.83. The van der Waals surface area contributed by atoms with Gasteiger partial charge in [-0.15, -0.1) is 0 Å². The molecule has 2 rings (SSSR count). The van der Waals surface area contributed by atoms with Gasteiger partial charge in [-0.05, 0) is 0 Å². The number of ether oxygens (including phenoxy) is 1. The summed E-state index contributed by atoms with van der Waals surface area (Å²) in [6, 6.07) is 3.02. The normalized spacial score (nSPS) is 13.8. The summed E-state index contributed by atoms with van der Waals surface area (Å²) in [7, 11) is -1.78. The number of benzene rings is 1. The Hall–Kier alpha value is -1.07. The molecular formula is C8H8BFO3. The van der Waals surface area contributed by atoms with Crippen molar-refractivity contribution in [3.63, 3.8) is 0 Å². The second kappa shape index (κ2) is 3.01. The highest BCUT2D eigenvalue weighted by molar-refractivity contribution is 6.58. The Balaban J connectivity index is 2.52. The van der Waals surface area contributed by atoms with Gasteiger partial charge in [0, 0.05) is 17.4 Å². The fraction of sp³-hybridized carbons (Fsp3) is 0.250. The first-order valence-electron chi connectivity index (χ1n) is 4.00. The number of fused-ring (bicyclic) bond motifs is 1. The smallest absolute Gasteiger partial charge is 0.490 e. The van der Waals surface area contributed by atoms with Crippen molar-refractivity contribution in [1.82, 2.24) is 0 Å². The Kier molecular flexibility index (Phi) is 1.98. The summed E-state index contributed by atoms with van der Waals surface area (Å²) in [5, 5.41) is 17.6. The molecule has 0 bridgehead atoms. The van der Waals surface area contributed by atoms with Gasteiger partial charge in [0.2, 0.25) is 0 Å². The van der Waals surface area contributed by atoms with Crippen molar-refractivity contribution < 1.29 is 19.2 Å². The lowest BCUT2D eigenvalue weighted by Crippen LogP contribution is -2.32. The fourth-order valence-electron chi connectivity index (χ4n) is 1.43. The molecule has 0 amide bonds. The Morgan fingerprint density at radius 3 is 2.85 bits per heavy atom. The average Bonchev–Trinajstić information content (AvgIpc) is 2.52. The summed E-state index contributed by atoms with van der Waals surface area (Å²) >= 11 is 0. The highest BCUT2D eigenvalue weighted by Gasteiger charge is 2.24. The predicted octanol–water partition coefficient (Wildman–Crippen LogP) is -0.560. The molecule has 0 aliphatic carbocycles. The van der Waals surface area contributed by atoms with Crippen LogP contribution in [0, 0.1) is 5.82 Å². The molecule has 0 unspecified atom stereocenters. The van der Waals surface area contributed by atoms with E-state index in [9.17, 15) is 4.39 Å². The van der Waals surface area contributed by atoms with Gasteiger partial charge in [-0.3, -0.25) is 0 Å². The van der Waals surface area contributed by atoms with Gasteiger partial charge in [-0.1, -0.05) is 12.1 Å². The minimum atomic E-state index is -1.78. The van der Waals surface area contributed by atoms with Gasteiger partial charge >= 0.3 is 7.12 Å². The molecule has 0 saturated heterocycles. The third-order valence-electron chi connectivity index (χ3n) is 2.10. The van der Waals surface area contributed by atoms with E-state index in [2.05, 4.69) is 0 Å². The summed E-state index contributed by atoms with van der Waals surface area (Å²) in [6.45, 7) is 0.456. The summed E-state index contributed by atoms with van der Waals surface area (Å²) in [5.74, 6) is -0.504. The van der Waals surface area contributed by atoms with Crippen LogP contribution >= 0.6 is 0 Å². The first kappa shape index (κ1) is 8.53. The zero-order chi connectivity index (χ0) is 9.42. The largest absolute Gasteiger partial charge is 0.491 e. The van der Waals surface area contributed by atoms with E-state index in [1.165, 1.54) is 6.07 Å². The lowest BCUT2D eigenvalue weighted by atomic mass is 9.79. The summed E-state index contributed by atoms with van der Waals surface area (Å²) < 4.78 is 18.4. The lowest BCUT2D eigenvalue weighted by molar-refractivity contribution is 0.339. The Morgan fingerprint density at radius 2 is 2.15 bits per heavy atom. The molecule has 1 heterocycles. The lowest BCUT2D eigenvalue weighted by Gasteiger charge is -2.05. The molecule has 2 N–H and O–H groups in total. The third-order valence-corrected chi connectivity index (χ3v) is 2.10. The van der Waals surface area contributed by atoms with Gasteiger partial charge in [0.1, 0.15) is 0 Å². The summed E-state index contributed by atoms with van der Waals surface area (Å²) in [4.78, 5) is 0. The van der Waals surface area contributed by atoms with Crippen LogP contribution in [0.3, 0.4) is 0 Å². The van der Waals surface area contributed by atoms with Gasteiger partial charge in [-0.25, -0.2) is 4.39 Å². The molecule has 3 nitrogen and oxygen atoms in total. The van der Waals surface area contributed by atoms with Crippen molar-refractivity contribution in [3.05, 3.63) is 23.5 Å². The van der Waals surface area contributed by atoms with Gasteiger partial charge < -0.3 is 14.8 Å². The molecule has 0 atom stereocenters. The van der Waals surface area contributed by atoms with E-state index in [1.807, 2.05) is 0 Å². The van der Waals surface area contributed by atoms with Crippen LogP contribution in [0.5, 0.6) is 5.75 Å². The van der Waals surface area contributed by atoms with Crippen LogP contribution < -0.4 is 10.2 Å². The molecule has 0 radical (unpaired) electrons. The minimum Gasteiger partial charge on any atom is -0.490 e. The number of rotatable bonds is 1. The number of hydrogen-bond acceptors (Lipinski definition) is 3. The second-order valence-corrected chi connectivity index (χ2v) is 2.93. The third kappa shape index (κ3) is 1.30. The molecule has 68 valence electrons. The monoisotopic (exact) mass is 182 g/mol. The van der Waals surface area contributed by atoms with Crippen LogP contribution in [0.2, 0.25) is 0 Å². The van der Waals surface area contributed by atoms with Gasteiger partial charge in [-0.2, -0.15) is 0 Å². The Morgan fingerprint density at radius 1 is 1.38 bits per heavy atom. The van der Waals surface area contributed by atoms with Gasteiger partial charge in [0.25, 0.3) is 0 Å². The highest BCUT2D eigenvalue weighted by atomic mass is 19.1. The molecule has 0 saturated carbocycles. The first-order valence-corrected chi connectivity index (χ1v) is 4.00. The van der Waals surface area contributed by atoms with E-state index in [0.29, 0.717) is 13.0 Å². The molecule has 1 aromatic carbocycles. The van der Waals surface area contributed by atoms with E-state index in [-0.39, 0.29) is 11.2 Å². The van der Waals surface area contributed by atoms with E-state index in [1.54, 1.807) is 6.07 Å². The molecular weight excluding hydrogens is 174 g/mol. The molecule has 5 heteroatoms. The van der Waals surface area contributed by atoms with E-state index in [0.717, 1.165) is 5.56 Å². The van der Waals surface area contributed by atoms with Crippen LogP contribution in [0.15, 0.2) is 12.1 Å². The average molecular weight is 182 g/mol. The fourth-order valence-corrected chi connectivity index (χ4v) is 1.43. The van der Waals surface area contributed by atoms with Crippen molar-refractivity contribution in [1.29, 1.82) is 0 Å². The first-order chi connectivity index (χ1) is 6.20. The van der Waals surface area contributed by atoms with E-state index in [4.69, 9.17) is 14.8 Å². The zero-order valence-corrected chi connectivity index (χ0v) is 6.83. The van der Waals surface area contributed by atoms with Crippen LogP contribution in [0.4, 0.5) is 4.39 Å².